The number of likely N-dealkylation sites (tertiary alicyclic amines) is 2. The molecule has 0 aromatic carbocycles. The number of aliphatic carboxylic acids is 2. The number of aromatic nitrogens is 3. The van der Waals surface area contributed by atoms with Crippen molar-refractivity contribution in [2.75, 3.05) is 26.7 Å². The van der Waals surface area contributed by atoms with Crippen LogP contribution in [0, 0.1) is 5.41 Å². The topological polar surface area (TPSA) is 129 Å². The molecule has 41 heavy (non-hydrogen) atoms. The SMILES string of the molecule is CC(C)n1nccc1[C@@H]1CN(Cc2ccccn2)C[C@]12CCCN(C)C2=O.O=C(O)C(F)(F)F.O=C(O)C(F)(F)F. The van der Waals surface area contributed by atoms with Gasteiger partial charge < -0.3 is 15.1 Å². The number of hydrogen-bond donors (Lipinski definition) is 2. The van der Waals surface area contributed by atoms with Gasteiger partial charge in [0.2, 0.25) is 5.91 Å². The Balaban J connectivity index is 0.000000349. The van der Waals surface area contributed by atoms with Crippen LogP contribution in [0.4, 0.5) is 26.3 Å². The Morgan fingerprint density at radius 3 is 2.12 bits per heavy atom. The second kappa shape index (κ2) is 13.3. The normalized spacial score (nSPS) is 21.3. The lowest BCUT2D eigenvalue weighted by molar-refractivity contribution is -0.193. The van der Waals surface area contributed by atoms with Crippen molar-refractivity contribution in [3.05, 3.63) is 48.0 Å². The summed E-state index contributed by atoms with van der Waals surface area (Å²) in [7, 11) is 1.95. The summed E-state index contributed by atoms with van der Waals surface area (Å²) >= 11 is 0. The largest absolute Gasteiger partial charge is 0.490 e. The van der Waals surface area contributed by atoms with Gasteiger partial charge in [-0.05, 0) is 44.9 Å². The second-order valence-electron chi connectivity index (χ2n) is 9.93. The van der Waals surface area contributed by atoms with E-state index >= 15 is 0 Å². The van der Waals surface area contributed by atoms with E-state index < -0.39 is 24.3 Å². The third-order valence-corrected chi connectivity index (χ3v) is 6.65. The molecule has 16 heteroatoms. The molecule has 0 radical (unpaired) electrons. The Bertz CT molecular complexity index is 1160. The maximum absolute atomic E-state index is 13.4. The van der Waals surface area contributed by atoms with Crippen LogP contribution in [0.25, 0.3) is 0 Å². The lowest BCUT2D eigenvalue weighted by Gasteiger charge is -2.41. The molecule has 1 spiro atoms. The van der Waals surface area contributed by atoms with Gasteiger partial charge in [-0.15, -0.1) is 0 Å². The Morgan fingerprint density at radius 2 is 1.63 bits per heavy atom. The van der Waals surface area contributed by atoms with Gasteiger partial charge in [-0.3, -0.25) is 19.4 Å². The minimum absolute atomic E-state index is 0.168. The zero-order valence-electron chi connectivity index (χ0n) is 22.5. The van der Waals surface area contributed by atoms with Gasteiger partial charge in [0, 0.05) is 63.3 Å². The molecular formula is C25H31F6N5O5. The molecule has 0 unspecified atom stereocenters. The molecule has 0 aliphatic carbocycles. The molecule has 2 atom stereocenters. The summed E-state index contributed by atoms with van der Waals surface area (Å²) in [4.78, 5) is 40.0. The Kier molecular flexibility index (Phi) is 10.9. The van der Waals surface area contributed by atoms with Gasteiger partial charge in [0.1, 0.15) is 0 Å². The van der Waals surface area contributed by atoms with Crippen molar-refractivity contribution in [1.29, 1.82) is 0 Å². The first-order chi connectivity index (χ1) is 18.9. The summed E-state index contributed by atoms with van der Waals surface area (Å²) in [6.07, 6.45) is -4.44. The first kappa shape index (κ1) is 33.5. The predicted octanol–water partition coefficient (Wildman–Crippen LogP) is 3.96. The van der Waals surface area contributed by atoms with Crippen molar-refractivity contribution >= 4 is 17.8 Å². The van der Waals surface area contributed by atoms with Crippen LogP contribution in [-0.4, -0.2) is 91.7 Å². The minimum atomic E-state index is -5.08. The third kappa shape index (κ3) is 8.65. The van der Waals surface area contributed by atoms with Crippen LogP contribution in [0.3, 0.4) is 0 Å². The highest BCUT2D eigenvalue weighted by Gasteiger charge is 2.55. The maximum atomic E-state index is 13.4. The Labute approximate surface area is 231 Å². The van der Waals surface area contributed by atoms with Crippen molar-refractivity contribution < 1.29 is 50.9 Å². The molecule has 2 aliphatic heterocycles. The molecular weight excluding hydrogens is 564 g/mol. The Hall–Kier alpha value is -3.69. The Morgan fingerprint density at radius 1 is 1.05 bits per heavy atom. The summed E-state index contributed by atoms with van der Waals surface area (Å²) in [5, 5.41) is 18.8. The van der Waals surface area contributed by atoms with Crippen LogP contribution < -0.4 is 0 Å². The third-order valence-electron chi connectivity index (χ3n) is 6.65. The monoisotopic (exact) mass is 595 g/mol. The molecule has 228 valence electrons. The van der Waals surface area contributed by atoms with E-state index in [1.54, 1.807) is 0 Å². The van der Waals surface area contributed by atoms with E-state index in [-0.39, 0.29) is 17.4 Å². The van der Waals surface area contributed by atoms with Crippen molar-refractivity contribution in [3.63, 3.8) is 0 Å². The van der Waals surface area contributed by atoms with Gasteiger partial charge in [0.25, 0.3) is 0 Å². The van der Waals surface area contributed by atoms with Crippen LogP contribution in [0.5, 0.6) is 0 Å². The van der Waals surface area contributed by atoms with Crippen LogP contribution in [-0.2, 0) is 20.9 Å². The predicted molar refractivity (Wildman–Crippen MR) is 132 cm³/mol. The fourth-order valence-corrected chi connectivity index (χ4v) is 4.95. The average molecular weight is 596 g/mol. The van der Waals surface area contributed by atoms with Gasteiger partial charge in [0.05, 0.1) is 11.1 Å². The standard InChI is InChI=1S/C21H29N5O.2C2HF3O2/c1-16(2)26-19(8-11-23-26)18-14-25(13-17-7-4-5-10-22-17)15-21(18)9-6-12-24(3)20(21)27;2*3-2(4,5)1(6)7/h4-5,7-8,10-11,16,18H,6,9,12-15H2,1-3H3;2*(H,6,7)/t18-,21+;;/m0../s1. The first-order valence-corrected chi connectivity index (χ1v) is 12.4. The molecule has 0 bridgehead atoms. The van der Waals surface area contributed by atoms with Crippen LogP contribution >= 0.6 is 0 Å². The van der Waals surface area contributed by atoms with Crippen molar-refractivity contribution in [2.24, 2.45) is 5.41 Å². The minimum Gasteiger partial charge on any atom is -0.475 e. The average Bonchev–Trinajstić information content (AvgIpc) is 3.48. The van der Waals surface area contributed by atoms with Gasteiger partial charge in [-0.25, -0.2) is 9.59 Å². The summed E-state index contributed by atoms with van der Waals surface area (Å²) < 4.78 is 65.6. The van der Waals surface area contributed by atoms with Gasteiger partial charge in [0.15, 0.2) is 0 Å². The van der Waals surface area contributed by atoms with Crippen molar-refractivity contribution in [2.45, 2.75) is 57.5 Å². The van der Waals surface area contributed by atoms with Gasteiger partial charge >= 0.3 is 24.3 Å². The number of carbonyl (C=O) groups excluding carboxylic acids is 1. The quantitative estimate of drug-likeness (QED) is 0.509. The van der Waals surface area contributed by atoms with Crippen molar-refractivity contribution in [1.82, 2.24) is 24.6 Å². The molecule has 2 N–H and O–H groups in total. The summed E-state index contributed by atoms with van der Waals surface area (Å²) in [5.41, 5.74) is 1.90. The number of amides is 1. The van der Waals surface area contributed by atoms with Crippen LogP contribution in [0.1, 0.15) is 50.0 Å². The molecule has 1 amide bonds. The highest BCUT2D eigenvalue weighted by Crippen LogP contribution is 2.49. The van der Waals surface area contributed by atoms with Gasteiger partial charge in [-0.1, -0.05) is 6.07 Å². The van der Waals surface area contributed by atoms with E-state index in [2.05, 4.69) is 45.6 Å². The summed E-state index contributed by atoms with van der Waals surface area (Å²) in [5.74, 6) is -5.06. The molecule has 2 aromatic heterocycles. The lowest BCUT2D eigenvalue weighted by atomic mass is 9.70. The number of carbonyl (C=O) groups is 3. The van der Waals surface area contributed by atoms with E-state index in [0.29, 0.717) is 5.91 Å². The molecule has 2 fully saturated rings. The van der Waals surface area contributed by atoms with E-state index in [9.17, 15) is 31.1 Å². The number of carboxylic acid groups (broad SMARTS) is 2. The highest BCUT2D eigenvalue weighted by molar-refractivity contribution is 5.85. The van der Waals surface area contributed by atoms with Crippen molar-refractivity contribution in [3.8, 4) is 0 Å². The molecule has 2 aromatic rings. The fraction of sp³-hybridized carbons (Fsp3) is 0.560. The van der Waals surface area contributed by atoms with Gasteiger partial charge in [-0.2, -0.15) is 31.4 Å². The second-order valence-corrected chi connectivity index (χ2v) is 9.93. The number of pyridine rings is 1. The first-order valence-electron chi connectivity index (χ1n) is 12.4. The van der Waals surface area contributed by atoms with E-state index in [1.165, 1.54) is 5.69 Å². The van der Waals surface area contributed by atoms with E-state index in [4.69, 9.17) is 19.8 Å². The molecule has 4 rings (SSSR count). The molecule has 4 heterocycles. The molecule has 2 saturated heterocycles. The van der Waals surface area contributed by atoms with Crippen LogP contribution in [0.2, 0.25) is 0 Å². The van der Waals surface area contributed by atoms with Crippen LogP contribution in [0.15, 0.2) is 36.7 Å². The highest BCUT2D eigenvalue weighted by atomic mass is 19.4. The zero-order chi connectivity index (χ0) is 31.2. The maximum Gasteiger partial charge on any atom is 0.490 e. The number of hydrogen-bond acceptors (Lipinski definition) is 6. The van der Waals surface area contributed by atoms with E-state index in [0.717, 1.165) is 44.7 Å². The zero-order valence-corrected chi connectivity index (χ0v) is 22.5. The molecule has 2 aliphatic rings. The number of halogens is 6. The van der Waals surface area contributed by atoms with E-state index in [1.807, 2.05) is 36.5 Å². The lowest BCUT2D eigenvalue weighted by Crippen LogP contribution is -2.50. The molecule has 10 nitrogen and oxygen atoms in total. The fourth-order valence-electron chi connectivity index (χ4n) is 4.95. The number of nitrogens with zero attached hydrogens (tertiary/aromatic N) is 5. The number of carboxylic acids is 2. The number of alkyl halides is 6. The summed E-state index contributed by atoms with van der Waals surface area (Å²) in [6.45, 7) is 7.61. The smallest absolute Gasteiger partial charge is 0.475 e. The number of piperidine rings is 1. The summed E-state index contributed by atoms with van der Waals surface area (Å²) in [6, 6.07) is 8.43. The number of rotatable bonds is 4. The molecule has 0 saturated carbocycles.